The molecule has 0 spiro atoms. The Balaban J connectivity index is 1.73. The van der Waals surface area contributed by atoms with Crippen molar-refractivity contribution in [1.29, 1.82) is 0 Å². The highest BCUT2D eigenvalue weighted by atomic mass is 16.5. The molecule has 0 N–H and O–H groups in total. The van der Waals surface area contributed by atoms with Gasteiger partial charge in [0.1, 0.15) is 18.5 Å². The monoisotopic (exact) mass is 460 g/mol. The molecular weight excluding hydrogens is 426 g/mol. The molecular formula is C33H34NO+. The number of pyridine rings is 1. The highest BCUT2D eigenvalue weighted by Crippen LogP contribution is 2.53. The Morgan fingerprint density at radius 2 is 1.63 bits per heavy atom. The Labute approximate surface area is 208 Å². The molecule has 4 aromatic carbocycles. The van der Waals surface area contributed by atoms with Crippen LogP contribution in [0.25, 0.3) is 43.6 Å². The van der Waals surface area contributed by atoms with Crippen LogP contribution in [0, 0.1) is 12.3 Å². The van der Waals surface area contributed by atoms with Gasteiger partial charge in [-0.15, -0.1) is 0 Å². The maximum atomic E-state index is 6.92. The zero-order chi connectivity index (χ0) is 24.6. The Bertz CT molecular complexity index is 1670. The summed E-state index contributed by atoms with van der Waals surface area (Å²) in [6.07, 6.45) is 3.26. The Morgan fingerprint density at radius 1 is 0.886 bits per heavy atom. The molecule has 6 rings (SSSR count). The molecule has 0 saturated heterocycles. The summed E-state index contributed by atoms with van der Waals surface area (Å²) in [5, 5.41) is 7.62. The van der Waals surface area contributed by atoms with Crippen molar-refractivity contribution in [2.24, 2.45) is 12.5 Å². The minimum Gasteiger partial charge on any atom is -0.455 e. The van der Waals surface area contributed by atoms with Crippen LogP contribution in [0.2, 0.25) is 0 Å². The molecule has 2 heterocycles. The molecule has 0 radical (unpaired) electrons. The largest absolute Gasteiger partial charge is 0.455 e. The summed E-state index contributed by atoms with van der Waals surface area (Å²) in [5.74, 6) is 2.34. The van der Waals surface area contributed by atoms with E-state index in [0.717, 1.165) is 17.9 Å². The molecule has 2 nitrogen and oxygen atoms in total. The van der Waals surface area contributed by atoms with E-state index in [1.54, 1.807) is 0 Å². The lowest BCUT2D eigenvalue weighted by Gasteiger charge is -2.27. The molecule has 0 bridgehead atoms. The maximum absolute atomic E-state index is 6.92. The van der Waals surface area contributed by atoms with Gasteiger partial charge in [0.2, 0.25) is 5.69 Å². The molecule has 1 aromatic heterocycles. The van der Waals surface area contributed by atoms with Gasteiger partial charge < -0.3 is 4.74 Å². The zero-order valence-corrected chi connectivity index (χ0v) is 21.9. The summed E-state index contributed by atoms with van der Waals surface area (Å²) in [6, 6.07) is 20.3. The molecule has 35 heavy (non-hydrogen) atoms. The Kier molecular flexibility index (Phi) is 4.77. The number of ether oxygens (including phenoxy) is 1. The maximum Gasteiger partial charge on any atom is 0.228 e. The molecule has 0 fully saturated rings. The predicted octanol–water partition coefficient (Wildman–Crippen LogP) is 8.76. The highest BCUT2D eigenvalue weighted by Gasteiger charge is 2.34. The van der Waals surface area contributed by atoms with Gasteiger partial charge >= 0.3 is 0 Å². The minimum atomic E-state index is 0.250. The Morgan fingerprint density at radius 3 is 2.34 bits per heavy atom. The van der Waals surface area contributed by atoms with E-state index in [0.29, 0.717) is 5.92 Å². The van der Waals surface area contributed by atoms with E-state index in [1.165, 1.54) is 60.3 Å². The second-order valence-corrected chi connectivity index (χ2v) is 11.8. The van der Waals surface area contributed by atoms with Gasteiger partial charge in [0, 0.05) is 17.0 Å². The van der Waals surface area contributed by atoms with Crippen molar-refractivity contribution in [3.05, 3.63) is 77.5 Å². The summed E-state index contributed by atoms with van der Waals surface area (Å²) in [5.41, 5.74) is 6.69. The molecule has 1 aliphatic rings. The highest BCUT2D eigenvalue weighted by molar-refractivity contribution is 6.16. The van der Waals surface area contributed by atoms with E-state index in [1.807, 2.05) is 0 Å². The van der Waals surface area contributed by atoms with Crippen LogP contribution in [0.4, 0.5) is 0 Å². The van der Waals surface area contributed by atoms with Crippen molar-refractivity contribution >= 4 is 32.3 Å². The second-order valence-electron chi connectivity index (χ2n) is 11.8. The van der Waals surface area contributed by atoms with Crippen LogP contribution in [0.1, 0.15) is 57.2 Å². The van der Waals surface area contributed by atoms with Gasteiger partial charge in [0.25, 0.3) is 0 Å². The molecule has 0 aliphatic carbocycles. The van der Waals surface area contributed by atoms with Crippen molar-refractivity contribution in [3.63, 3.8) is 0 Å². The van der Waals surface area contributed by atoms with E-state index < -0.39 is 0 Å². The third-order valence-corrected chi connectivity index (χ3v) is 7.49. The number of nitrogens with zero attached hydrogens (tertiary/aromatic N) is 1. The van der Waals surface area contributed by atoms with Crippen LogP contribution in [0.3, 0.4) is 0 Å². The number of benzene rings is 4. The lowest BCUT2D eigenvalue weighted by atomic mass is 9.84. The van der Waals surface area contributed by atoms with Gasteiger partial charge in [-0.25, -0.2) is 4.57 Å². The van der Waals surface area contributed by atoms with E-state index in [-0.39, 0.29) is 5.41 Å². The third kappa shape index (κ3) is 3.34. The SMILES string of the molecule is Cc1c2c(c(C(C)C)c3ccccc13)Oc1cc3cc(CC(C)(C)C)ccc3c3cc[n+](C)c-2c13. The lowest BCUT2D eigenvalue weighted by Crippen LogP contribution is -2.32. The lowest BCUT2D eigenvalue weighted by molar-refractivity contribution is -0.659. The number of aromatic nitrogens is 1. The third-order valence-electron chi connectivity index (χ3n) is 7.49. The average Bonchev–Trinajstić information content (AvgIpc) is 2.79. The van der Waals surface area contributed by atoms with Crippen LogP contribution in [0.5, 0.6) is 11.5 Å². The molecule has 0 saturated carbocycles. The van der Waals surface area contributed by atoms with E-state index in [4.69, 9.17) is 4.74 Å². The van der Waals surface area contributed by atoms with Crippen molar-refractivity contribution in [2.45, 2.75) is 53.9 Å². The van der Waals surface area contributed by atoms with Gasteiger partial charge in [-0.1, -0.05) is 77.1 Å². The quantitative estimate of drug-likeness (QED) is 0.186. The van der Waals surface area contributed by atoms with Gasteiger partial charge in [-0.3, -0.25) is 0 Å². The summed E-state index contributed by atoms with van der Waals surface area (Å²) in [6.45, 7) is 13.7. The minimum absolute atomic E-state index is 0.250. The fourth-order valence-corrected chi connectivity index (χ4v) is 6.10. The topological polar surface area (TPSA) is 13.1 Å². The molecule has 0 atom stereocenters. The summed E-state index contributed by atoms with van der Waals surface area (Å²) in [7, 11) is 2.16. The first kappa shape index (κ1) is 22.1. The van der Waals surface area contributed by atoms with E-state index in [2.05, 4.69) is 114 Å². The van der Waals surface area contributed by atoms with Crippen LogP contribution in [-0.4, -0.2) is 0 Å². The fraction of sp³-hybridized carbons (Fsp3) is 0.303. The standard InChI is InChI=1S/C33H34NO/c1-19(2)28-25-11-9-8-10-23(25)20(3)29-31-30-26(14-15-34(31)7)24-13-12-21(18-33(4,5)6)16-22(24)17-27(30)35-32(28)29/h8-17,19H,18H2,1-7H3/q+1. The van der Waals surface area contributed by atoms with E-state index in [9.17, 15) is 0 Å². The first-order chi connectivity index (χ1) is 16.6. The molecule has 0 amide bonds. The normalized spacial score (nSPS) is 13.0. The summed E-state index contributed by atoms with van der Waals surface area (Å²) < 4.78 is 9.20. The van der Waals surface area contributed by atoms with Gasteiger partial charge in [-0.05, 0) is 63.4 Å². The Hall–Kier alpha value is -3.39. The van der Waals surface area contributed by atoms with Gasteiger partial charge in [0.15, 0.2) is 6.20 Å². The number of fused-ring (bicyclic) bond motifs is 5. The van der Waals surface area contributed by atoms with Gasteiger partial charge in [0.05, 0.1) is 10.9 Å². The molecule has 1 aliphatic heterocycles. The van der Waals surface area contributed by atoms with Crippen molar-refractivity contribution in [1.82, 2.24) is 0 Å². The molecule has 0 unspecified atom stereocenters. The van der Waals surface area contributed by atoms with Crippen molar-refractivity contribution in [3.8, 4) is 22.8 Å². The second kappa shape index (κ2) is 7.55. The summed E-state index contributed by atoms with van der Waals surface area (Å²) >= 11 is 0. The van der Waals surface area contributed by atoms with Gasteiger partial charge in [-0.2, -0.15) is 0 Å². The number of aryl methyl sites for hydroxylation is 2. The molecule has 2 heteroatoms. The molecule has 5 aromatic rings. The first-order valence-electron chi connectivity index (χ1n) is 12.8. The fourth-order valence-electron chi connectivity index (χ4n) is 6.10. The van der Waals surface area contributed by atoms with Crippen LogP contribution in [0.15, 0.2) is 60.8 Å². The average molecular weight is 461 g/mol. The first-order valence-corrected chi connectivity index (χ1v) is 12.8. The predicted molar refractivity (Wildman–Crippen MR) is 148 cm³/mol. The number of hydrogen-bond acceptors (Lipinski definition) is 1. The van der Waals surface area contributed by atoms with Crippen LogP contribution in [-0.2, 0) is 13.5 Å². The smallest absolute Gasteiger partial charge is 0.228 e. The zero-order valence-electron chi connectivity index (χ0n) is 21.9. The van der Waals surface area contributed by atoms with Crippen LogP contribution >= 0.6 is 0 Å². The summed E-state index contributed by atoms with van der Waals surface area (Å²) in [4.78, 5) is 0. The van der Waals surface area contributed by atoms with Crippen LogP contribution < -0.4 is 9.30 Å². The van der Waals surface area contributed by atoms with Crippen molar-refractivity contribution in [2.75, 3.05) is 0 Å². The number of rotatable bonds is 2. The van der Waals surface area contributed by atoms with E-state index >= 15 is 0 Å². The number of hydrogen-bond donors (Lipinski definition) is 0. The van der Waals surface area contributed by atoms with Crippen molar-refractivity contribution < 1.29 is 9.30 Å². The molecule has 176 valence electrons.